The molecule has 0 aromatic heterocycles. The molecule has 3 nitrogen and oxygen atoms in total. The standard InChI is InChI=1S/C13H17NO2S2/c1-14(2)12(16)10-8-6-5-7-9(10)11(15)13(17-3)18-4/h5-8,13H,1-4H3. The van der Waals surface area contributed by atoms with E-state index in [1.807, 2.05) is 12.5 Å². The number of nitrogens with zero attached hydrogens (tertiary/aromatic N) is 1. The Kier molecular flexibility index (Phi) is 5.75. The zero-order chi connectivity index (χ0) is 13.7. The highest BCUT2D eigenvalue weighted by molar-refractivity contribution is 8.17. The van der Waals surface area contributed by atoms with E-state index in [0.717, 1.165) is 0 Å². The summed E-state index contributed by atoms with van der Waals surface area (Å²) in [6, 6.07) is 6.99. The first-order valence-corrected chi connectivity index (χ1v) is 8.01. The second kappa shape index (κ2) is 6.85. The Hall–Kier alpha value is -0.940. The van der Waals surface area contributed by atoms with E-state index >= 15 is 0 Å². The number of hydrogen-bond donors (Lipinski definition) is 0. The van der Waals surface area contributed by atoms with Gasteiger partial charge in [0.05, 0.1) is 5.56 Å². The Morgan fingerprint density at radius 3 is 2.00 bits per heavy atom. The quantitative estimate of drug-likeness (QED) is 0.615. The maximum atomic E-state index is 12.3. The summed E-state index contributed by atoms with van der Waals surface area (Å²) in [4.78, 5) is 25.9. The summed E-state index contributed by atoms with van der Waals surface area (Å²) in [6.45, 7) is 0. The molecule has 0 fully saturated rings. The zero-order valence-electron chi connectivity index (χ0n) is 11.0. The van der Waals surface area contributed by atoms with Crippen molar-refractivity contribution in [2.75, 3.05) is 26.6 Å². The molecule has 1 aromatic carbocycles. The molecule has 0 radical (unpaired) electrons. The lowest BCUT2D eigenvalue weighted by atomic mass is 10.0. The predicted molar refractivity (Wildman–Crippen MR) is 79.6 cm³/mol. The Labute approximate surface area is 116 Å². The van der Waals surface area contributed by atoms with Crippen molar-refractivity contribution >= 4 is 35.2 Å². The first kappa shape index (κ1) is 15.1. The fourth-order valence-corrected chi connectivity index (χ4v) is 3.01. The van der Waals surface area contributed by atoms with Gasteiger partial charge < -0.3 is 4.90 Å². The van der Waals surface area contributed by atoms with Gasteiger partial charge in [0.1, 0.15) is 4.58 Å². The molecule has 18 heavy (non-hydrogen) atoms. The van der Waals surface area contributed by atoms with Gasteiger partial charge in [0.15, 0.2) is 5.78 Å². The molecule has 0 saturated heterocycles. The summed E-state index contributed by atoms with van der Waals surface area (Å²) in [5.74, 6) is -0.138. The molecule has 0 bridgehead atoms. The smallest absolute Gasteiger partial charge is 0.254 e. The molecule has 5 heteroatoms. The van der Waals surface area contributed by atoms with E-state index in [4.69, 9.17) is 0 Å². The van der Waals surface area contributed by atoms with Crippen molar-refractivity contribution in [1.82, 2.24) is 4.90 Å². The van der Waals surface area contributed by atoms with Gasteiger partial charge in [-0.1, -0.05) is 18.2 Å². The molecule has 0 heterocycles. The Bertz CT molecular complexity index is 442. The van der Waals surface area contributed by atoms with Crippen molar-refractivity contribution in [2.45, 2.75) is 4.58 Å². The van der Waals surface area contributed by atoms with Crippen molar-refractivity contribution in [1.29, 1.82) is 0 Å². The molecule has 0 aliphatic heterocycles. The second-order valence-electron chi connectivity index (χ2n) is 3.91. The van der Waals surface area contributed by atoms with Crippen molar-refractivity contribution < 1.29 is 9.59 Å². The van der Waals surface area contributed by atoms with E-state index < -0.39 is 0 Å². The number of thioether (sulfide) groups is 2. The van der Waals surface area contributed by atoms with Gasteiger partial charge in [0.2, 0.25) is 0 Å². The average molecular weight is 283 g/mol. The Balaban J connectivity index is 3.17. The molecule has 1 amide bonds. The Morgan fingerprint density at radius 1 is 1.06 bits per heavy atom. The van der Waals surface area contributed by atoms with Gasteiger partial charge in [-0.2, -0.15) is 0 Å². The van der Waals surface area contributed by atoms with Gasteiger partial charge in [-0.25, -0.2) is 0 Å². The van der Waals surface area contributed by atoms with Crippen molar-refractivity contribution in [3.63, 3.8) is 0 Å². The van der Waals surface area contributed by atoms with E-state index in [2.05, 4.69) is 0 Å². The van der Waals surface area contributed by atoms with E-state index in [-0.39, 0.29) is 16.3 Å². The molecule has 0 spiro atoms. The molecule has 0 atom stereocenters. The molecule has 0 saturated carbocycles. The number of ketones is 1. The van der Waals surface area contributed by atoms with Crippen molar-refractivity contribution in [2.24, 2.45) is 0 Å². The van der Waals surface area contributed by atoms with Crippen LogP contribution in [0.3, 0.4) is 0 Å². The summed E-state index contributed by atoms with van der Waals surface area (Å²) in [6.07, 6.45) is 3.80. The topological polar surface area (TPSA) is 37.4 Å². The lowest BCUT2D eigenvalue weighted by Crippen LogP contribution is -2.25. The van der Waals surface area contributed by atoms with Gasteiger partial charge in [-0.3, -0.25) is 9.59 Å². The van der Waals surface area contributed by atoms with Crippen LogP contribution in [0.25, 0.3) is 0 Å². The molecule has 0 unspecified atom stereocenters. The summed E-state index contributed by atoms with van der Waals surface area (Å²) in [7, 11) is 3.37. The summed E-state index contributed by atoms with van der Waals surface area (Å²) in [5, 5.41) is 0. The van der Waals surface area contributed by atoms with Crippen LogP contribution in [0, 0.1) is 0 Å². The zero-order valence-corrected chi connectivity index (χ0v) is 12.6. The maximum Gasteiger partial charge on any atom is 0.254 e. The highest BCUT2D eigenvalue weighted by Gasteiger charge is 2.23. The minimum Gasteiger partial charge on any atom is -0.345 e. The summed E-state index contributed by atoms with van der Waals surface area (Å²) < 4.78 is -0.166. The van der Waals surface area contributed by atoms with Gasteiger partial charge in [0.25, 0.3) is 5.91 Å². The van der Waals surface area contributed by atoms with E-state index in [1.54, 1.807) is 38.4 Å². The van der Waals surface area contributed by atoms with E-state index in [9.17, 15) is 9.59 Å². The van der Waals surface area contributed by atoms with Crippen LogP contribution in [0.1, 0.15) is 20.7 Å². The number of carbonyl (C=O) groups excluding carboxylic acids is 2. The van der Waals surface area contributed by atoms with E-state index in [1.165, 1.54) is 28.4 Å². The second-order valence-corrected chi connectivity index (χ2v) is 6.10. The SMILES string of the molecule is CSC(SC)C(=O)c1ccccc1C(=O)N(C)C. The monoisotopic (exact) mass is 283 g/mol. The highest BCUT2D eigenvalue weighted by atomic mass is 32.2. The van der Waals surface area contributed by atoms with Crippen LogP contribution in [0.2, 0.25) is 0 Å². The third-order valence-corrected chi connectivity index (χ3v) is 4.91. The number of rotatable bonds is 5. The van der Waals surface area contributed by atoms with Gasteiger partial charge >= 0.3 is 0 Å². The normalized spacial score (nSPS) is 10.5. The number of amides is 1. The van der Waals surface area contributed by atoms with Crippen LogP contribution in [0.4, 0.5) is 0 Å². The number of Topliss-reactive ketones (excluding diaryl/α,β-unsaturated/α-hetero) is 1. The lowest BCUT2D eigenvalue weighted by Gasteiger charge is -2.16. The fourth-order valence-electron chi connectivity index (χ4n) is 1.56. The van der Waals surface area contributed by atoms with Gasteiger partial charge in [0, 0.05) is 19.7 Å². The molecule has 98 valence electrons. The molecule has 1 aromatic rings. The van der Waals surface area contributed by atoms with E-state index in [0.29, 0.717) is 11.1 Å². The maximum absolute atomic E-state index is 12.3. The minimum atomic E-state index is -0.166. The van der Waals surface area contributed by atoms with Crippen LogP contribution in [0.15, 0.2) is 24.3 Å². The number of carbonyl (C=O) groups is 2. The number of hydrogen-bond acceptors (Lipinski definition) is 4. The third kappa shape index (κ3) is 3.29. The predicted octanol–water partition coefficient (Wildman–Crippen LogP) is 2.62. The molecule has 0 N–H and O–H groups in total. The van der Waals surface area contributed by atoms with Gasteiger partial charge in [-0.05, 0) is 18.6 Å². The molecular weight excluding hydrogens is 266 g/mol. The van der Waals surface area contributed by atoms with Crippen LogP contribution in [-0.4, -0.2) is 47.8 Å². The molecule has 0 aliphatic carbocycles. The highest BCUT2D eigenvalue weighted by Crippen LogP contribution is 2.25. The number of benzene rings is 1. The van der Waals surface area contributed by atoms with Crippen LogP contribution < -0.4 is 0 Å². The molecule has 1 rings (SSSR count). The van der Waals surface area contributed by atoms with Gasteiger partial charge in [-0.15, -0.1) is 23.5 Å². The Morgan fingerprint density at radius 2 is 1.56 bits per heavy atom. The summed E-state index contributed by atoms with van der Waals surface area (Å²) >= 11 is 2.98. The largest absolute Gasteiger partial charge is 0.345 e. The van der Waals surface area contributed by atoms with Crippen molar-refractivity contribution in [3.8, 4) is 0 Å². The molecular formula is C13H17NO2S2. The minimum absolute atomic E-state index is 0.000741. The molecule has 0 aliphatic rings. The average Bonchev–Trinajstić information content (AvgIpc) is 2.39. The van der Waals surface area contributed by atoms with Crippen LogP contribution in [0.5, 0.6) is 0 Å². The first-order chi connectivity index (χ1) is 8.52. The lowest BCUT2D eigenvalue weighted by molar-refractivity contribution is 0.0821. The van der Waals surface area contributed by atoms with Crippen LogP contribution in [-0.2, 0) is 0 Å². The van der Waals surface area contributed by atoms with Crippen molar-refractivity contribution in [3.05, 3.63) is 35.4 Å². The third-order valence-electron chi connectivity index (χ3n) is 2.47. The van der Waals surface area contributed by atoms with Crippen LogP contribution >= 0.6 is 23.5 Å². The fraction of sp³-hybridized carbons (Fsp3) is 0.385. The summed E-state index contributed by atoms with van der Waals surface area (Å²) in [5.41, 5.74) is 0.977. The first-order valence-electron chi connectivity index (χ1n) is 5.43.